The van der Waals surface area contributed by atoms with Gasteiger partial charge in [-0.1, -0.05) is 25.3 Å². The van der Waals surface area contributed by atoms with Gasteiger partial charge in [-0.3, -0.25) is 4.90 Å². The standard InChI is InChI=1S/C21H27N3O/c1-16-14-25-21-8-7-18(20-10-22-15-23-11-20)9-19(21)13-24(16)12-17-5-3-2-4-6-17/h7-11,15-17H,2-6,12-14H2,1H3/t16-/m1/s1. The number of hydrogen-bond acceptors (Lipinski definition) is 4. The summed E-state index contributed by atoms with van der Waals surface area (Å²) in [6.45, 7) is 5.23. The molecule has 0 amide bonds. The molecule has 1 atom stereocenters. The smallest absolute Gasteiger partial charge is 0.123 e. The highest BCUT2D eigenvalue weighted by Gasteiger charge is 2.25. The molecule has 1 aromatic carbocycles. The third-order valence-electron chi connectivity index (χ3n) is 5.65. The van der Waals surface area contributed by atoms with Crippen molar-refractivity contribution < 1.29 is 4.74 Å². The van der Waals surface area contributed by atoms with E-state index in [-0.39, 0.29) is 0 Å². The molecule has 4 heteroatoms. The Morgan fingerprint density at radius 2 is 1.88 bits per heavy atom. The Balaban J connectivity index is 1.56. The maximum atomic E-state index is 6.10. The fourth-order valence-electron chi connectivity index (χ4n) is 4.11. The van der Waals surface area contributed by atoms with Gasteiger partial charge in [-0.05, 0) is 43.4 Å². The van der Waals surface area contributed by atoms with E-state index in [4.69, 9.17) is 4.74 Å². The summed E-state index contributed by atoms with van der Waals surface area (Å²) in [6, 6.07) is 6.92. The highest BCUT2D eigenvalue weighted by molar-refractivity contribution is 5.64. The van der Waals surface area contributed by atoms with Gasteiger partial charge in [-0.15, -0.1) is 0 Å². The fourth-order valence-corrected chi connectivity index (χ4v) is 4.11. The zero-order valence-corrected chi connectivity index (χ0v) is 15.0. The molecule has 0 spiro atoms. The van der Waals surface area contributed by atoms with Crippen LogP contribution in [0.25, 0.3) is 11.1 Å². The van der Waals surface area contributed by atoms with Crippen molar-refractivity contribution in [2.24, 2.45) is 5.92 Å². The SMILES string of the molecule is C[C@@H]1COc2ccc(-c3cncnc3)cc2CN1CC1CCCCC1. The molecule has 0 saturated heterocycles. The zero-order chi connectivity index (χ0) is 17.1. The van der Waals surface area contributed by atoms with Crippen LogP contribution in [-0.2, 0) is 6.54 Å². The van der Waals surface area contributed by atoms with E-state index < -0.39 is 0 Å². The average Bonchev–Trinajstić information content (AvgIpc) is 2.82. The molecule has 1 saturated carbocycles. The van der Waals surface area contributed by atoms with E-state index in [1.54, 1.807) is 6.33 Å². The second-order valence-corrected chi connectivity index (χ2v) is 7.54. The molecule has 2 aliphatic rings. The van der Waals surface area contributed by atoms with Crippen molar-refractivity contribution >= 4 is 0 Å². The summed E-state index contributed by atoms with van der Waals surface area (Å²) < 4.78 is 6.10. The lowest BCUT2D eigenvalue weighted by Crippen LogP contribution is -2.38. The van der Waals surface area contributed by atoms with E-state index in [9.17, 15) is 0 Å². The second-order valence-electron chi connectivity index (χ2n) is 7.54. The molecule has 0 radical (unpaired) electrons. The minimum atomic E-state index is 0.456. The van der Waals surface area contributed by atoms with Crippen molar-refractivity contribution in [2.75, 3.05) is 13.2 Å². The number of benzene rings is 1. The van der Waals surface area contributed by atoms with Gasteiger partial charge < -0.3 is 4.74 Å². The largest absolute Gasteiger partial charge is 0.492 e. The molecule has 4 nitrogen and oxygen atoms in total. The highest BCUT2D eigenvalue weighted by atomic mass is 16.5. The van der Waals surface area contributed by atoms with E-state index in [0.717, 1.165) is 35.9 Å². The summed E-state index contributed by atoms with van der Waals surface area (Å²) in [7, 11) is 0. The molecule has 0 bridgehead atoms. The summed E-state index contributed by atoms with van der Waals surface area (Å²) >= 11 is 0. The molecule has 2 aromatic rings. The van der Waals surface area contributed by atoms with Crippen molar-refractivity contribution in [2.45, 2.75) is 51.6 Å². The van der Waals surface area contributed by atoms with Gasteiger partial charge >= 0.3 is 0 Å². The summed E-state index contributed by atoms with van der Waals surface area (Å²) in [6.07, 6.45) is 12.3. The maximum absolute atomic E-state index is 6.10. The molecular formula is C21H27N3O. The normalized spacial score (nSPS) is 22.0. The van der Waals surface area contributed by atoms with Gasteiger partial charge in [0.15, 0.2) is 0 Å². The van der Waals surface area contributed by atoms with Crippen molar-refractivity contribution in [3.63, 3.8) is 0 Å². The summed E-state index contributed by atoms with van der Waals surface area (Å²) in [4.78, 5) is 10.9. The Labute approximate surface area is 150 Å². The molecule has 132 valence electrons. The molecular weight excluding hydrogens is 310 g/mol. The van der Waals surface area contributed by atoms with E-state index in [1.807, 2.05) is 12.4 Å². The Bertz CT molecular complexity index is 698. The molecule has 0 unspecified atom stereocenters. The van der Waals surface area contributed by atoms with Crippen molar-refractivity contribution in [1.29, 1.82) is 0 Å². The molecule has 1 aliphatic heterocycles. The summed E-state index contributed by atoms with van der Waals surface area (Å²) in [5.74, 6) is 1.88. The predicted octanol–water partition coefficient (Wildman–Crippen LogP) is 4.31. The van der Waals surface area contributed by atoms with Crippen LogP contribution in [0.15, 0.2) is 36.9 Å². The monoisotopic (exact) mass is 337 g/mol. The number of ether oxygens (including phenoxy) is 1. The summed E-state index contributed by atoms with van der Waals surface area (Å²) in [5.41, 5.74) is 3.50. The van der Waals surface area contributed by atoms with Gasteiger partial charge in [0.25, 0.3) is 0 Å². The quantitative estimate of drug-likeness (QED) is 0.837. The van der Waals surface area contributed by atoms with Crippen molar-refractivity contribution in [3.8, 4) is 16.9 Å². The molecule has 1 fully saturated rings. The summed E-state index contributed by atoms with van der Waals surface area (Å²) in [5, 5.41) is 0. The molecule has 1 aromatic heterocycles. The number of nitrogens with zero attached hydrogens (tertiary/aromatic N) is 3. The first kappa shape index (κ1) is 16.5. The van der Waals surface area contributed by atoms with Crippen LogP contribution in [0.2, 0.25) is 0 Å². The van der Waals surface area contributed by atoms with Gasteiger partial charge in [0.05, 0.1) is 0 Å². The highest BCUT2D eigenvalue weighted by Crippen LogP contribution is 2.32. The maximum Gasteiger partial charge on any atom is 0.123 e. The Hall–Kier alpha value is -1.94. The lowest BCUT2D eigenvalue weighted by atomic mass is 9.88. The van der Waals surface area contributed by atoms with Crippen LogP contribution in [0.3, 0.4) is 0 Å². The van der Waals surface area contributed by atoms with E-state index in [2.05, 4.69) is 40.0 Å². The minimum Gasteiger partial charge on any atom is -0.492 e. The Morgan fingerprint density at radius 1 is 1.08 bits per heavy atom. The van der Waals surface area contributed by atoms with Crippen LogP contribution < -0.4 is 4.74 Å². The van der Waals surface area contributed by atoms with E-state index >= 15 is 0 Å². The first-order chi connectivity index (χ1) is 12.3. The van der Waals surface area contributed by atoms with Crippen LogP contribution in [0.1, 0.15) is 44.6 Å². The molecule has 2 heterocycles. The number of aromatic nitrogens is 2. The van der Waals surface area contributed by atoms with Crippen LogP contribution in [0.4, 0.5) is 0 Å². The van der Waals surface area contributed by atoms with Crippen LogP contribution >= 0.6 is 0 Å². The first-order valence-electron chi connectivity index (χ1n) is 9.55. The third-order valence-corrected chi connectivity index (χ3v) is 5.65. The number of fused-ring (bicyclic) bond motifs is 1. The van der Waals surface area contributed by atoms with Crippen LogP contribution in [-0.4, -0.2) is 34.1 Å². The Kier molecular flexibility index (Phi) is 4.97. The average molecular weight is 337 g/mol. The van der Waals surface area contributed by atoms with Gasteiger partial charge in [-0.25, -0.2) is 9.97 Å². The van der Waals surface area contributed by atoms with Gasteiger partial charge in [0.1, 0.15) is 18.7 Å². The predicted molar refractivity (Wildman–Crippen MR) is 99.4 cm³/mol. The molecule has 0 N–H and O–H groups in total. The lowest BCUT2D eigenvalue weighted by Gasteiger charge is -2.32. The minimum absolute atomic E-state index is 0.456. The lowest BCUT2D eigenvalue weighted by molar-refractivity contribution is 0.125. The fraction of sp³-hybridized carbons (Fsp3) is 0.524. The van der Waals surface area contributed by atoms with Gasteiger partial charge in [0.2, 0.25) is 0 Å². The van der Waals surface area contributed by atoms with E-state index in [0.29, 0.717) is 6.04 Å². The van der Waals surface area contributed by atoms with Crippen LogP contribution in [0, 0.1) is 5.92 Å². The topological polar surface area (TPSA) is 38.3 Å². The van der Waals surface area contributed by atoms with Crippen LogP contribution in [0.5, 0.6) is 5.75 Å². The van der Waals surface area contributed by atoms with Crippen molar-refractivity contribution in [1.82, 2.24) is 14.9 Å². The number of rotatable bonds is 3. The first-order valence-corrected chi connectivity index (χ1v) is 9.55. The second kappa shape index (κ2) is 7.52. The molecule has 1 aliphatic carbocycles. The number of hydrogen-bond donors (Lipinski definition) is 0. The molecule has 25 heavy (non-hydrogen) atoms. The van der Waals surface area contributed by atoms with Gasteiger partial charge in [0, 0.05) is 42.7 Å². The zero-order valence-electron chi connectivity index (χ0n) is 15.0. The Morgan fingerprint density at radius 3 is 2.68 bits per heavy atom. The van der Waals surface area contributed by atoms with Crippen molar-refractivity contribution in [3.05, 3.63) is 42.5 Å². The molecule has 4 rings (SSSR count). The van der Waals surface area contributed by atoms with E-state index in [1.165, 1.54) is 44.2 Å². The van der Waals surface area contributed by atoms with Gasteiger partial charge in [-0.2, -0.15) is 0 Å². The third kappa shape index (κ3) is 3.84.